The van der Waals surface area contributed by atoms with E-state index < -0.39 is 6.10 Å². The molecule has 1 fully saturated rings. The second-order valence-electron chi connectivity index (χ2n) is 4.94. The topological polar surface area (TPSA) is 23.5 Å². The van der Waals surface area contributed by atoms with E-state index in [1.165, 1.54) is 25.7 Å². The fraction of sp³-hybridized carbons (Fsp3) is 0.571. The zero-order valence-corrected chi connectivity index (χ0v) is 11.2. The maximum Gasteiger partial charge on any atom is 0.0762 e. The van der Waals surface area contributed by atoms with Crippen LogP contribution in [0.4, 0.5) is 5.69 Å². The molecular formula is C14H20ClNO. The highest BCUT2D eigenvalue weighted by Crippen LogP contribution is 2.33. The number of aliphatic hydroxyl groups is 1. The number of anilines is 1. The summed E-state index contributed by atoms with van der Waals surface area (Å²) < 4.78 is 0. The first kappa shape index (κ1) is 12.7. The van der Waals surface area contributed by atoms with Crippen molar-refractivity contribution < 1.29 is 5.11 Å². The molecule has 1 N–H and O–H groups in total. The van der Waals surface area contributed by atoms with Gasteiger partial charge in [0.05, 0.1) is 16.8 Å². The first-order valence-electron chi connectivity index (χ1n) is 6.30. The Balaban J connectivity index is 2.20. The number of nitrogens with zero attached hydrogens (tertiary/aromatic N) is 1. The minimum absolute atomic E-state index is 0.460. The van der Waals surface area contributed by atoms with Crippen LogP contribution in [0.1, 0.15) is 44.3 Å². The molecular weight excluding hydrogens is 234 g/mol. The number of benzene rings is 1. The van der Waals surface area contributed by atoms with E-state index >= 15 is 0 Å². The van der Waals surface area contributed by atoms with Crippen molar-refractivity contribution in [1.29, 1.82) is 0 Å². The normalized spacial score (nSPS) is 18.4. The smallest absolute Gasteiger partial charge is 0.0762 e. The van der Waals surface area contributed by atoms with Crippen LogP contribution in [0.5, 0.6) is 0 Å². The van der Waals surface area contributed by atoms with E-state index in [2.05, 4.69) is 11.9 Å². The molecule has 0 unspecified atom stereocenters. The van der Waals surface area contributed by atoms with Crippen LogP contribution >= 0.6 is 11.6 Å². The Morgan fingerprint density at radius 2 is 2.00 bits per heavy atom. The van der Waals surface area contributed by atoms with Gasteiger partial charge in [-0.15, -0.1) is 0 Å². The second kappa shape index (κ2) is 5.28. The molecule has 0 saturated heterocycles. The van der Waals surface area contributed by atoms with Crippen LogP contribution in [0.25, 0.3) is 0 Å². The zero-order valence-electron chi connectivity index (χ0n) is 10.5. The van der Waals surface area contributed by atoms with E-state index in [-0.39, 0.29) is 0 Å². The lowest BCUT2D eigenvalue weighted by Crippen LogP contribution is -2.28. The second-order valence-corrected chi connectivity index (χ2v) is 5.34. The molecule has 17 heavy (non-hydrogen) atoms. The van der Waals surface area contributed by atoms with Gasteiger partial charge < -0.3 is 10.0 Å². The van der Waals surface area contributed by atoms with Gasteiger partial charge in [0.15, 0.2) is 0 Å². The molecule has 94 valence electrons. The molecule has 0 heterocycles. The number of aliphatic hydroxyl groups excluding tert-OH is 1. The van der Waals surface area contributed by atoms with Crippen LogP contribution in [-0.2, 0) is 0 Å². The third-order valence-corrected chi connectivity index (χ3v) is 4.01. The van der Waals surface area contributed by atoms with E-state index in [4.69, 9.17) is 11.6 Å². The highest BCUT2D eigenvalue weighted by atomic mass is 35.5. The Labute approximate surface area is 108 Å². The molecule has 1 saturated carbocycles. The van der Waals surface area contributed by atoms with Crippen LogP contribution < -0.4 is 4.90 Å². The molecule has 0 aliphatic heterocycles. The van der Waals surface area contributed by atoms with Crippen LogP contribution in [0.2, 0.25) is 5.02 Å². The molecule has 1 aliphatic carbocycles. The summed E-state index contributed by atoms with van der Waals surface area (Å²) in [6, 6.07) is 6.46. The Hall–Kier alpha value is -0.730. The van der Waals surface area contributed by atoms with Crippen LogP contribution in [-0.4, -0.2) is 18.2 Å². The number of hydrogen-bond acceptors (Lipinski definition) is 2. The molecule has 3 heteroatoms. The van der Waals surface area contributed by atoms with Crippen molar-refractivity contribution >= 4 is 17.3 Å². The molecule has 1 atom stereocenters. The van der Waals surface area contributed by atoms with Gasteiger partial charge in [-0.3, -0.25) is 0 Å². The highest BCUT2D eigenvalue weighted by Gasteiger charge is 2.21. The van der Waals surface area contributed by atoms with Crippen molar-refractivity contribution in [3.8, 4) is 0 Å². The molecule has 0 amide bonds. The van der Waals surface area contributed by atoms with Gasteiger partial charge in [0.1, 0.15) is 0 Å². The Bertz CT molecular complexity index is 386. The Kier molecular flexibility index (Phi) is 3.95. The van der Waals surface area contributed by atoms with Gasteiger partial charge in [-0.1, -0.05) is 30.5 Å². The fourth-order valence-electron chi connectivity index (χ4n) is 2.56. The lowest BCUT2D eigenvalue weighted by molar-refractivity contribution is 0.199. The molecule has 0 radical (unpaired) electrons. The predicted octanol–water partition coefficient (Wildman–Crippen LogP) is 3.77. The zero-order chi connectivity index (χ0) is 12.4. The summed E-state index contributed by atoms with van der Waals surface area (Å²) >= 11 is 6.29. The highest BCUT2D eigenvalue weighted by molar-refractivity contribution is 6.33. The van der Waals surface area contributed by atoms with Gasteiger partial charge in [-0.05, 0) is 37.5 Å². The molecule has 2 nitrogen and oxygen atoms in total. The van der Waals surface area contributed by atoms with Crippen molar-refractivity contribution in [3.05, 3.63) is 28.8 Å². The lowest BCUT2D eigenvalue weighted by Gasteiger charge is -2.27. The van der Waals surface area contributed by atoms with Gasteiger partial charge in [0.25, 0.3) is 0 Å². The number of hydrogen-bond donors (Lipinski definition) is 1. The summed E-state index contributed by atoms with van der Waals surface area (Å²) in [4.78, 5) is 2.28. The minimum atomic E-state index is -0.460. The van der Waals surface area contributed by atoms with Crippen molar-refractivity contribution in [2.45, 2.75) is 44.8 Å². The van der Waals surface area contributed by atoms with Gasteiger partial charge in [-0.25, -0.2) is 0 Å². The summed E-state index contributed by atoms with van der Waals surface area (Å²) in [5.74, 6) is 0. The van der Waals surface area contributed by atoms with E-state index in [0.717, 1.165) is 16.3 Å². The van der Waals surface area contributed by atoms with E-state index in [1.54, 1.807) is 6.92 Å². The molecule has 1 aromatic carbocycles. The average molecular weight is 254 g/mol. The molecule has 0 bridgehead atoms. The van der Waals surface area contributed by atoms with Crippen LogP contribution in [0.3, 0.4) is 0 Å². The lowest BCUT2D eigenvalue weighted by atomic mass is 10.1. The summed E-state index contributed by atoms with van der Waals surface area (Å²) in [6.45, 7) is 1.76. The van der Waals surface area contributed by atoms with Crippen molar-refractivity contribution in [2.24, 2.45) is 0 Å². The van der Waals surface area contributed by atoms with Gasteiger partial charge >= 0.3 is 0 Å². The van der Waals surface area contributed by atoms with Crippen LogP contribution in [0.15, 0.2) is 18.2 Å². The summed E-state index contributed by atoms with van der Waals surface area (Å²) in [7, 11) is 2.11. The SMILES string of the molecule is C[C@@H](O)c1ccc(N(C)C2CCCC2)c(Cl)c1. The third kappa shape index (κ3) is 2.75. The molecule has 1 aliphatic rings. The summed E-state index contributed by atoms with van der Waals surface area (Å²) in [6.07, 6.45) is 4.69. The van der Waals surface area contributed by atoms with Crippen molar-refractivity contribution in [1.82, 2.24) is 0 Å². The fourth-order valence-corrected chi connectivity index (χ4v) is 2.88. The van der Waals surface area contributed by atoms with Crippen molar-refractivity contribution in [2.75, 3.05) is 11.9 Å². The molecule has 1 aromatic rings. The van der Waals surface area contributed by atoms with Crippen molar-refractivity contribution in [3.63, 3.8) is 0 Å². The standard InChI is InChI=1S/C14H20ClNO/c1-10(17)11-7-8-14(13(15)9-11)16(2)12-5-3-4-6-12/h7-10,12,17H,3-6H2,1-2H3/t10-/m1/s1. The first-order valence-corrected chi connectivity index (χ1v) is 6.67. The predicted molar refractivity (Wildman–Crippen MR) is 72.7 cm³/mol. The maximum absolute atomic E-state index is 9.52. The Morgan fingerprint density at radius 1 is 1.35 bits per heavy atom. The summed E-state index contributed by atoms with van der Waals surface area (Å²) in [5, 5.41) is 10.3. The minimum Gasteiger partial charge on any atom is -0.389 e. The van der Waals surface area contributed by atoms with Gasteiger partial charge in [-0.2, -0.15) is 0 Å². The van der Waals surface area contributed by atoms with E-state index in [9.17, 15) is 5.11 Å². The van der Waals surface area contributed by atoms with E-state index in [1.807, 2.05) is 18.2 Å². The first-order chi connectivity index (χ1) is 8.09. The largest absolute Gasteiger partial charge is 0.389 e. The third-order valence-electron chi connectivity index (χ3n) is 3.71. The molecule has 2 rings (SSSR count). The molecule has 0 spiro atoms. The summed E-state index contributed by atoms with van der Waals surface area (Å²) in [5.41, 5.74) is 1.95. The van der Waals surface area contributed by atoms with Gasteiger partial charge in [0.2, 0.25) is 0 Å². The average Bonchev–Trinajstić information content (AvgIpc) is 2.81. The maximum atomic E-state index is 9.52. The Morgan fingerprint density at radius 3 is 2.53 bits per heavy atom. The number of rotatable bonds is 3. The monoisotopic (exact) mass is 253 g/mol. The molecule has 0 aromatic heterocycles. The van der Waals surface area contributed by atoms with Crippen LogP contribution in [0, 0.1) is 0 Å². The van der Waals surface area contributed by atoms with E-state index in [0.29, 0.717) is 6.04 Å². The quantitative estimate of drug-likeness (QED) is 0.886. The van der Waals surface area contributed by atoms with Gasteiger partial charge in [0, 0.05) is 13.1 Å². The number of halogens is 1.